The Bertz CT molecular complexity index is 316. The monoisotopic (exact) mass is 162 g/mol. The van der Waals surface area contributed by atoms with Gasteiger partial charge >= 0.3 is 0 Å². The summed E-state index contributed by atoms with van der Waals surface area (Å²) >= 11 is 0. The topological polar surface area (TPSA) is 67.0 Å². The molecule has 1 rings (SSSR count). The molecule has 0 heterocycles. The number of nitrogens with zero attached hydrogens (tertiary/aromatic N) is 1. The third-order valence-electron chi connectivity index (χ3n) is 1.34. The highest BCUT2D eigenvalue weighted by Gasteiger charge is 2.01. The maximum absolute atomic E-state index is 10.2. The summed E-state index contributed by atoms with van der Waals surface area (Å²) in [7, 11) is 0. The van der Waals surface area contributed by atoms with Crippen molar-refractivity contribution in [2.75, 3.05) is 0 Å². The summed E-state index contributed by atoms with van der Waals surface area (Å²) in [6.07, 6.45) is 1.43. The summed E-state index contributed by atoms with van der Waals surface area (Å²) < 4.78 is 0. The minimum Gasteiger partial charge on any atom is -0.259 e. The van der Waals surface area contributed by atoms with E-state index in [9.17, 15) is 10.1 Å². The number of rotatable bonds is 2. The maximum Gasteiger partial charge on any atom is 0.269 e. The van der Waals surface area contributed by atoms with E-state index in [-0.39, 0.29) is 5.69 Å². The van der Waals surface area contributed by atoms with Crippen molar-refractivity contribution < 1.29 is 4.92 Å². The van der Waals surface area contributed by atoms with E-state index in [2.05, 4.69) is 5.87 Å². The molecule has 0 aliphatic rings. The quantitative estimate of drug-likeness (QED) is 0.409. The number of nitro groups is 1. The first-order valence-electron chi connectivity index (χ1n) is 3.24. The molecule has 1 N–H and O–H groups in total. The Labute approximate surface area is 68.8 Å². The summed E-state index contributed by atoms with van der Waals surface area (Å²) in [5.74, 6) is 2.09. The number of hydrogen-bond acceptors (Lipinski definition) is 3. The van der Waals surface area contributed by atoms with Crippen LogP contribution in [-0.4, -0.2) is 10.8 Å². The van der Waals surface area contributed by atoms with E-state index >= 15 is 0 Å². The third-order valence-corrected chi connectivity index (χ3v) is 1.34. The molecule has 4 nitrogen and oxygen atoms in total. The molecule has 0 aromatic heterocycles. The van der Waals surface area contributed by atoms with Gasteiger partial charge in [-0.1, -0.05) is 0 Å². The van der Waals surface area contributed by atoms with Gasteiger partial charge < -0.3 is 0 Å². The van der Waals surface area contributed by atoms with Crippen molar-refractivity contribution >= 4 is 17.6 Å². The molecule has 60 valence electrons. The molecule has 0 spiro atoms. The molecule has 12 heavy (non-hydrogen) atoms. The molecule has 0 amide bonds. The molecular formula is C8H6N2O2. The van der Waals surface area contributed by atoms with Crippen LogP contribution in [0.3, 0.4) is 0 Å². The molecule has 0 unspecified atom stereocenters. The first kappa shape index (κ1) is 8.17. The normalized spacial score (nSPS) is 8.67. The summed E-state index contributed by atoms with van der Waals surface area (Å²) in [5.41, 5.74) is 0.785. The van der Waals surface area contributed by atoms with Crippen LogP contribution in [0.4, 0.5) is 5.69 Å². The van der Waals surface area contributed by atoms with Crippen LogP contribution in [-0.2, 0) is 0 Å². The van der Waals surface area contributed by atoms with Gasteiger partial charge in [-0.15, -0.1) is 0 Å². The lowest BCUT2D eigenvalue weighted by molar-refractivity contribution is -0.384. The van der Waals surface area contributed by atoms with Crippen LogP contribution in [0, 0.1) is 15.5 Å². The van der Waals surface area contributed by atoms with Crippen LogP contribution in [0.2, 0.25) is 0 Å². The Morgan fingerprint density at radius 3 is 2.42 bits per heavy atom. The van der Waals surface area contributed by atoms with Crippen molar-refractivity contribution in [3.8, 4) is 0 Å². The van der Waals surface area contributed by atoms with Gasteiger partial charge in [-0.25, -0.2) is 0 Å². The van der Waals surface area contributed by atoms with Crippen LogP contribution >= 0.6 is 0 Å². The second kappa shape index (κ2) is 3.46. The smallest absolute Gasteiger partial charge is 0.259 e. The molecule has 0 atom stereocenters. The lowest BCUT2D eigenvalue weighted by atomic mass is 10.2. The largest absolute Gasteiger partial charge is 0.269 e. The van der Waals surface area contributed by atoms with E-state index in [4.69, 9.17) is 5.41 Å². The Kier molecular flexibility index (Phi) is 2.35. The van der Waals surface area contributed by atoms with Gasteiger partial charge in [0.25, 0.3) is 5.69 Å². The predicted octanol–water partition coefficient (Wildman–Crippen LogP) is 1.86. The highest BCUT2D eigenvalue weighted by atomic mass is 16.6. The minimum absolute atomic E-state index is 0.0529. The molecule has 0 saturated carbocycles. The zero-order valence-electron chi connectivity index (χ0n) is 6.15. The van der Waals surface area contributed by atoms with Crippen LogP contribution in [0.15, 0.2) is 24.3 Å². The van der Waals surface area contributed by atoms with Crippen molar-refractivity contribution in [1.82, 2.24) is 0 Å². The standard InChI is InChI=1S/C8H6N2O2/c9-6-5-7-1-3-8(4-2-7)10(11)12/h1-5,9H. The van der Waals surface area contributed by atoms with Crippen molar-refractivity contribution in [2.24, 2.45) is 0 Å². The van der Waals surface area contributed by atoms with E-state index in [0.717, 1.165) is 5.56 Å². The molecule has 4 heteroatoms. The molecule has 0 bridgehead atoms. The first-order chi connectivity index (χ1) is 5.74. The van der Waals surface area contributed by atoms with Crippen LogP contribution in [0.1, 0.15) is 5.56 Å². The van der Waals surface area contributed by atoms with Gasteiger partial charge in [0.15, 0.2) is 0 Å². The van der Waals surface area contributed by atoms with Crippen LogP contribution in [0.5, 0.6) is 0 Å². The fraction of sp³-hybridized carbons (Fsp3) is 0. The third kappa shape index (κ3) is 1.78. The van der Waals surface area contributed by atoms with Crippen LogP contribution in [0.25, 0.3) is 6.08 Å². The van der Waals surface area contributed by atoms with Crippen LogP contribution < -0.4 is 0 Å². The predicted molar refractivity (Wildman–Crippen MR) is 45.3 cm³/mol. The molecule has 0 aliphatic carbocycles. The highest BCUT2D eigenvalue weighted by molar-refractivity contribution is 5.75. The summed E-state index contributed by atoms with van der Waals surface area (Å²) in [4.78, 5) is 9.75. The minimum atomic E-state index is -0.460. The van der Waals surface area contributed by atoms with E-state index in [1.54, 1.807) is 12.1 Å². The Morgan fingerprint density at radius 2 is 2.00 bits per heavy atom. The Balaban J connectivity index is 3.00. The average Bonchev–Trinajstić information content (AvgIpc) is 2.06. The zero-order valence-corrected chi connectivity index (χ0v) is 6.15. The lowest BCUT2D eigenvalue weighted by Crippen LogP contribution is -1.86. The molecule has 0 radical (unpaired) electrons. The van der Waals surface area contributed by atoms with Gasteiger partial charge in [0.1, 0.15) is 0 Å². The van der Waals surface area contributed by atoms with Crippen molar-refractivity contribution in [3.63, 3.8) is 0 Å². The summed E-state index contributed by atoms with van der Waals surface area (Å²) in [6.45, 7) is 0. The van der Waals surface area contributed by atoms with E-state index in [1.165, 1.54) is 18.2 Å². The van der Waals surface area contributed by atoms with E-state index in [0.29, 0.717) is 0 Å². The van der Waals surface area contributed by atoms with Gasteiger partial charge in [-0.05, 0) is 23.6 Å². The van der Waals surface area contributed by atoms with Crippen molar-refractivity contribution in [3.05, 3.63) is 39.9 Å². The zero-order chi connectivity index (χ0) is 8.97. The van der Waals surface area contributed by atoms with Crippen molar-refractivity contribution in [2.45, 2.75) is 0 Å². The van der Waals surface area contributed by atoms with Crippen molar-refractivity contribution in [1.29, 1.82) is 5.41 Å². The molecule has 0 saturated heterocycles. The molecule has 1 aromatic carbocycles. The molecular weight excluding hydrogens is 156 g/mol. The molecule has 1 aromatic rings. The number of hydrogen-bond donors (Lipinski definition) is 1. The first-order valence-corrected chi connectivity index (χ1v) is 3.24. The summed E-state index contributed by atoms with van der Waals surface area (Å²) in [6, 6.07) is 5.92. The SMILES string of the molecule is N=C=Cc1ccc([N+](=O)[O-])cc1. The molecule has 0 fully saturated rings. The fourth-order valence-corrected chi connectivity index (χ4v) is 0.776. The van der Waals surface area contributed by atoms with Gasteiger partial charge in [-0.2, -0.15) is 0 Å². The maximum atomic E-state index is 10.2. The molecule has 0 aliphatic heterocycles. The van der Waals surface area contributed by atoms with Gasteiger partial charge in [0.05, 0.1) is 4.92 Å². The Morgan fingerprint density at radius 1 is 1.42 bits per heavy atom. The second-order valence-corrected chi connectivity index (χ2v) is 2.14. The number of non-ortho nitro benzene ring substituents is 1. The Hall–Kier alpha value is -1.93. The van der Waals surface area contributed by atoms with Gasteiger partial charge in [-0.3, -0.25) is 15.5 Å². The van der Waals surface area contributed by atoms with E-state index in [1.807, 2.05) is 0 Å². The number of nitro benzene ring substituents is 1. The fourth-order valence-electron chi connectivity index (χ4n) is 0.776. The van der Waals surface area contributed by atoms with E-state index < -0.39 is 4.92 Å². The van der Waals surface area contributed by atoms with Gasteiger partial charge in [0, 0.05) is 18.2 Å². The number of nitrogens with one attached hydrogen (secondary N) is 1. The second-order valence-electron chi connectivity index (χ2n) is 2.14. The lowest BCUT2D eigenvalue weighted by Gasteiger charge is -1.90. The summed E-state index contributed by atoms with van der Waals surface area (Å²) in [5, 5.41) is 16.9. The number of benzene rings is 1. The van der Waals surface area contributed by atoms with Gasteiger partial charge in [0.2, 0.25) is 0 Å². The average molecular weight is 162 g/mol. The highest BCUT2D eigenvalue weighted by Crippen LogP contribution is 2.11.